The maximum absolute atomic E-state index is 13.2. The fourth-order valence-corrected chi connectivity index (χ4v) is 4.33. The number of hydrogen-bond donors (Lipinski definition) is 2. The number of aromatic nitrogens is 1. The van der Waals surface area contributed by atoms with Crippen molar-refractivity contribution in [2.24, 2.45) is 0 Å². The highest BCUT2D eigenvalue weighted by molar-refractivity contribution is 6.36. The average Bonchev–Trinajstić information content (AvgIpc) is 3.03. The minimum Gasteiger partial charge on any atom is -0.465 e. The quantitative estimate of drug-likeness (QED) is 0.488. The van der Waals surface area contributed by atoms with Crippen molar-refractivity contribution in [3.05, 3.63) is 80.0 Å². The van der Waals surface area contributed by atoms with E-state index in [1.54, 1.807) is 54.3 Å². The molecule has 31 heavy (non-hydrogen) atoms. The zero-order chi connectivity index (χ0) is 22.3. The first-order chi connectivity index (χ1) is 14.8. The van der Waals surface area contributed by atoms with Crippen molar-refractivity contribution < 1.29 is 14.7 Å². The van der Waals surface area contributed by atoms with Crippen molar-refractivity contribution in [1.82, 2.24) is 10.3 Å². The van der Waals surface area contributed by atoms with Gasteiger partial charge in [-0.15, -0.1) is 0 Å². The number of amides is 2. The maximum Gasteiger partial charge on any atom is 0.404 e. The first-order valence-corrected chi connectivity index (χ1v) is 10.4. The Morgan fingerprint density at radius 2 is 1.81 bits per heavy atom. The van der Waals surface area contributed by atoms with Crippen LogP contribution in [0.25, 0.3) is 11.1 Å². The number of pyridine rings is 1. The van der Waals surface area contributed by atoms with Crippen molar-refractivity contribution in [3.63, 3.8) is 0 Å². The summed E-state index contributed by atoms with van der Waals surface area (Å²) in [4.78, 5) is 30.5. The van der Waals surface area contributed by atoms with Crippen molar-refractivity contribution in [1.29, 1.82) is 0 Å². The number of rotatable bonds is 4. The molecule has 9 heteroatoms. The largest absolute Gasteiger partial charge is 0.465 e. The van der Waals surface area contributed by atoms with E-state index in [2.05, 4.69) is 10.3 Å². The molecular weight excluding hydrogens is 461 g/mol. The van der Waals surface area contributed by atoms with Crippen LogP contribution in [0.1, 0.15) is 27.3 Å². The monoisotopic (exact) mass is 475 g/mol. The molecule has 0 aliphatic carbocycles. The van der Waals surface area contributed by atoms with Crippen LogP contribution in [-0.4, -0.2) is 22.1 Å². The number of carboxylic acid groups (broad SMARTS) is 1. The number of halogens is 3. The summed E-state index contributed by atoms with van der Waals surface area (Å²) in [6, 6.07) is 12.0. The Labute approximate surface area is 193 Å². The van der Waals surface area contributed by atoms with Crippen molar-refractivity contribution in [2.45, 2.75) is 20.0 Å². The maximum atomic E-state index is 13.2. The summed E-state index contributed by atoms with van der Waals surface area (Å²) in [6.07, 6.45) is -1.16. The van der Waals surface area contributed by atoms with Gasteiger partial charge in [-0.2, -0.15) is 0 Å². The first-order valence-electron chi connectivity index (χ1n) is 9.28. The van der Waals surface area contributed by atoms with E-state index in [1.807, 2.05) is 0 Å². The lowest BCUT2D eigenvalue weighted by Gasteiger charge is -2.18. The summed E-state index contributed by atoms with van der Waals surface area (Å²) in [6.45, 7) is 2.02. The fraction of sp³-hybridized carbons (Fsp3) is 0.136. The number of aryl methyl sites for hydroxylation is 1. The van der Waals surface area contributed by atoms with E-state index in [-0.39, 0.29) is 19.0 Å². The molecule has 2 N–H and O–H groups in total. The van der Waals surface area contributed by atoms with E-state index < -0.39 is 6.09 Å². The molecule has 0 atom stereocenters. The zero-order valence-corrected chi connectivity index (χ0v) is 18.5. The van der Waals surface area contributed by atoms with Crippen molar-refractivity contribution in [3.8, 4) is 11.1 Å². The Morgan fingerprint density at radius 3 is 2.45 bits per heavy atom. The van der Waals surface area contributed by atoms with Gasteiger partial charge in [0.05, 0.1) is 6.54 Å². The van der Waals surface area contributed by atoms with Gasteiger partial charge < -0.3 is 15.3 Å². The molecule has 0 spiro atoms. The predicted octanol–water partition coefficient (Wildman–Crippen LogP) is 5.95. The van der Waals surface area contributed by atoms with Gasteiger partial charge in [0.25, 0.3) is 5.91 Å². The molecule has 0 saturated carbocycles. The van der Waals surface area contributed by atoms with Crippen LogP contribution >= 0.6 is 34.8 Å². The van der Waals surface area contributed by atoms with Gasteiger partial charge in [0.1, 0.15) is 5.69 Å². The predicted molar refractivity (Wildman–Crippen MR) is 121 cm³/mol. The highest BCUT2D eigenvalue weighted by atomic mass is 35.5. The van der Waals surface area contributed by atoms with Crippen LogP contribution in [0.5, 0.6) is 0 Å². The number of fused-ring (bicyclic) bond motifs is 1. The lowest BCUT2D eigenvalue weighted by atomic mass is 9.93. The van der Waals surface area contributed by atoms with Gasteiger partial charge in [-0.05, 0) is 48.9 Å². The summed E-state index contributed by atoms with van der Waals surface area (Å²) in [5.74, 6) is -0.246. The number of nitrogens with one attached hydrogen (secondary N) is 1. The standard InChI is InChI=1S/C22H16Cl3N3O3/c1-11-16(9-26-22(30)31)19(15-7-4-13(24)8-18(15)25)17-10-28(21(29)20(17)27-11)14-5-2-12(23)3-6-14/h2-8,26H,9-10H2,1H3,(H,30,31). The molecule has 0 unspecified atom stereocenters. The van der Waals surface area contributed by atoms with E-state index in [0.29, 0.717) is 54.4 Å². The first kappa shape index (κ1) is 21.4. The number of anilines is 1. The molecule has 3 aromatic rings. The van der Waals surface area contributed by atoms with Gasteiger partial charge in [-0.1, -0.05) is 40.9 Å². The summed E-state index contributed by atoms with van der Waals surface area (Å²) in [5, 5.41) is 12.9. The lowest BCUT2D eigenvalue weighted by molar-refractivity contribution is 0.0992. The zero-order valence-electron chi connectivity index (χ0n) is 16.2. The summed E-state index contributed by atoms with van der Waals surface area (Å²) in [7, 11) is 0. The van der Waals surface area contributed by atoms with E-state index in [4.69, 9.17) is 39.9 Å². The normalized spacial score (nSPS) is 12.8. The van der Waals surface area contributed by atoms with Gasteiger partial charge in [0.2, 0.25) is 0 Å². The second-order valence-corrected chi connectivity index (χ2v) is 8.31. The van der Waals surface area contributed by atoms with Gasteiger partial charge in [-0.3, -0.25) is 4.79 Å². The molecule has 2 amide bonds. The minimum atomic E-state index is -1.16. The molecule has 0 bridgehead atoms. The summed E-state index contributed by atoms with van der Waals surface area (Å²) >= 11 is 18.6. The van der Waals surface area contributed by atoms with Crippen molar-refractivity contribution >= 4 is 52.5 Å². The Morgan fingerprint density at radius 1 is 1.13 bits per heavy atom. The molecule has 2 aromatic carbocycles. The van der Waals surface area contributed by atoms with E-state index >= 15 is 0 Å². The Kier molecular flexibility index (Phi) is 5.79. The molecule has 158 valence electrons. The van der Waals surface area contributed by atoms with Crippen LogP contribution in [0, 0.1) is 6.92 Å². The number of carbonyl (C=O) groups excluding carboxylic acids is 1. The Hall–Kier alpha value is -2.80. The highest BCUT2D eigenvalue weighted by Gasteiger charge is 2.35. The lowest BCUT2D eigenvalue weighted by Crippen LogP contribution is -2.23. The van der Waals surface area contributed by atoms with Crippen LogP contribution in [-0.2, 0) is 13.1 Å². The van der Waals surface area contributed by atoms with Crippen LogP contribution in [0.3, 0.4) is 0 Å². The van der Waals surface area contributed by atoms with Crippen LogP contribution < -0.4 is 10.2 Å². The summed E-state index contributed by atoms with van der Waals surface area (Å²) < 4.78 is 0. The van der Waals surface area contributed by atoms with Gasteiger partial charge in [-0.25, -0.2) is 9.78 Å². The Balaban J connectivity index is 1.91. The van der Waals surface area contributed by atoms with E-state index in [0.717, 1.165) is 0 Å². The smallest absolute Gasteiger partial charge is 0.404 e. The van der Waals surface area contributed by atoms with E-state index in [9.17, 15) is 9.59 Å². The minimum absolute atomic E-state index is 0.0187. The molecule has 6 nitrogen and oxygen atoms in total. The van der Waals surface area contributed by atoms with Gasteiger partial charge in [0, 0.05) is 49.7 Å². The number of benzene rings is 2. The van der Waals surface area contributed by atoms with E-state index in [1.165, 1.54) is 0 Å². The second-order valence-electron chi connectivity index (χ2n) is 7.03. The number of nitrogens with zero attached hydrogens (tertiary/aromatic N) is 2. The average molecular weight is 477 g/mol. The molecule has 2 heterocycles. The Bertz CT molecular complexity index is 1210. The molecule has 1 aromatic heterocycles. The molecular formula is C22H16Cl3N3O3. The third kappa shape index (κ3) is 4.06. The number of hydrogen-bond acceptors (Lipinski definition) is 3. The fourth-order valence-electron chi connectivity index (χ4n) is 3.70. The van der Waals surface area contributed by atoms with Crippen LogP contribution in [0.2, 0.25) is 15.1 Å². The second kappa shape index (κ2) is 8.38. The summed E-state index contributed by atoms with van der Waals surface area (Å²) in [5.41, 5.74) is 4.20. The topological polar surface area (TPSA) is 82.5 Å². The highest BCUT2D eigenvalue weighted by Crippen LogP contribution is 2.41. The molecule has 0 fully saturated rings. The van der Waals surface area contributed by atoms with Crippen LogP contribution in [0.4, 0.5) is 10.5 Å². The molecule has 4 rings (SSSR count). The van der Waals surface area contributed by atoms with Crippen LogP contribution in [0.15, 0.2) is 42.5 Å². The molecule has 0 saturated heterocycles. The van der Waals surface area contributed by atoms with Crippen molar-refractivity contribution in [2.75, 3.05) is 4.90 Å². The van der Waals surface area contributed by atoms with Gasteiger partial charge >= 0.3 is 6.09 Å². The third-order valence-electron chi connectivity index (χ3n) is 5.12. The molecule has 1 aliphatic rings. The number of carbonyl (C=O) groups is 2. The SMILES string of the molecule is Cc1nc2c(c(-c3ccc(Cl)cc3Cl)c1CNC(=O)O)CN(c1ccc(Cl)cc1)C2=O. The third-order valence-corrected chi connectivity index (χ3v) is 5.92. The van der Waals surface area contributed by atoms with Gasteiger partial charge in [0.15, 0.2) is 0 Å². The molecule has 1 aliphatic heterocycles. The molecule has 0 radical (unpaired) electrons.